The molecule has 0 radical (unpaired) electrons. The van der Waals surface area contributed by atoms with Crippen molar-refractivity contribution in [3.63, 3.8) is 0 Å². The van der Waals surface area contributed by atoms with Crippen LogP contribution < -0.4 is 21.0 Å². The van der Waals surface area contributed by atoms with Gasteiger partial charge in [0, 0.05) is 56.0 Å². The van der Waals surface area contributed by atoms with Crippen LogP contribution in [0.5, 0.6) is 0 Å². The number of nitrogens with zero attached hydrogens (tertiary/aromatic N) is 5. The fraction of sp³-hybridized carbons (Fsp3) is 0.214. The molecule has 5 rings (SSSR count). The molecule has 4 aromatic rings. The van der Waals surface area contributed by atoms with E-state index in [-0.39, 0.29) is 39.7 Å². The summed E-state index contributed by atoms with van der Waals surface area (Å²) in [4.78, 5) is 36.9. The molecule has 1 aliphatic heterocycles. The number of carbonyl (C=O) groups excluding carboxylic acids is 1. The van der Waals surface area contributed by atoms with Crippen molar-refractivity contribution in [3.8, 4) is 5.69 Å². The van der Waals surface area contributed by atoms with E-state index >= 15 is 8.78 Å². The van der Waals surface area contributed by atoms with Crippen LogP contribution in [0.4, 0.5) is 31.8 Å². The molecule has 0 atom stereocenters. The van der Waals surface area contributed by atoms with E-state index in [2.05, 4.69) is 39.0 Å². The number of pyridine rings is 1. The largest absolute Gasteiger partial charge is 0.367 e. The number of aromatic nitrogens is 3. The van der Waals surface area contributed by atoms with Crippen molar-refractivity contribution in [2.75, 3.05) is 48.3 Å². The van der Waals surface area contributed by atoms with Crippen LogP contribution in [-0.4, -0.2) is 58.1 Å². The minimum Gasteiger partial charge on any atom is -0.367 e. The van der Waals surface area contributed by atoms with Gasteiger partial charge in [0.25, 0.3) is 0 Å². The number of halogens is 2. The van der Waals surface area contributed by atoms with E-state index < -0.39 is 11.6 Å². The standard InChI is InChI=1S/C28H27F2N7O2/c1-3-24(39)32-18-6-5-7-19(16-18)37-11-10-23(38)20-17-31-28(34-27(20)37)33-21-8-9-22(26(30)25(21)29)36-14-12-35(4-2)13-15-36/h3,5-11,16-17H,1,4,12-15H2,2H3,(H,32,39)(H,31,33,34). The monoisotopic (exact) mass is 531 g/mol. The minimum atomic E-state index is -1.04. The molecule has 9 nitrogen and oxygen atoms in total. The van der Waals surface area contributed by atoms with Crippen LogP contribution in [0.25, 0.3) is 16.7 Å². The van der Waals surface area contributed by atoms with E-state index in [0.29, 0.717) is 24.5 Å². The lowest BCUT2D eigenvalue weighted by atomic mass is 10.2. The molecule has 0 aliphatic carbocycles. The van der Waals surface area contributed by atoms with Crippen LogP contribution in [0, 0.1) is 11.6 Å². The predicted molar refractivity (Wildman–Crippen MR) is 148 cm³/mol. The van der Waals surface area contributed by atoms with Gasteiger partial charge in [-0.3, -0.25) is 9.59 Å². The highest BCUT2D eigenvalue weighted by molar-refractivity contribution is 5.99. The highest BCUT2D eigenvalue weighted by Gasteiger charge is 2.22. The number of benzene rings is 2. The number of fused-ring (bicyclic) bond motifs is 1. The molecule has 1 aliphatic rings. The normalized spacial score (nSPS) is 13.9. The van der Waals surface area contributed by atoms with E-state index in [9.17, 15) is 9.59 Å². The summed E-state index contributed by atoms with van der Waals surface area (Å²) < 4.78 is 31.8. The maximum Gasteiger partial charge on any atom is 0.247 e. The summed E-state index contributed by atoms with van der Waals surface area (Å²) in [6, 6.07) is 11.3. The molecule has 2 N–H and O–H groups in total. The molecule has 0 saturated carbocycles. The maximum atomic E-state index is 15.1. The third-order valence-electron chi connectivity index (χ3n) is 6.68. The summed E-state index contributed by atoms with van der Waals surface area (Å²) in [5.74, 6) is -2.36. The summed E-state index contributed by atoms with van der Waals surface area (Å²) in [5.41, 5.74) is 1.17. The number of carbonyl (C=O) groups is 1. The van der Waals surface area contributed by atoms with Gasteiger partial charge in [0.05, 0.1) is 16.8 Å². The highest BCUT2D eigenvalue weighted by Crippen LogP contribution is 2.29. The Morgan fingerprint density at radius 1 is 1.10 bits per heavy atom. The van der Waals surface area contributed by atoms with Gasteiger partial charge in [-0.05, 0) is 43.0 Å². The first-order valence-electron chi connectivity index (χ1n) is 12.5. The van der Waals surface area contributed by atoms with Gasteiger partial charge in [0.2, 0.25) is 11.9 Å². The average Bonchev–Trinajstić information content (AvgIpc) is 2.96. The Kier molecular flexibility index (Phi) is 7.33. The van der Waals surface area contributed by atoms with Crippen LogP contribution >= 0.6 is 0 Å². The van der Waals surface area contributed by atoms with Gasteiger partial charge in [-0.1, -0.05) is 19.6 Å². The number of likely N-dealkylation sites (N-methyl/N-ethyl adjacent to an activating group) is 1. The SMILES string of the molecule is C=CC(=O)Nc1cccc(-n2ccc(=O)c3cnc(Nc4ccc(N5CCN(CC)CC5)c(F)c4F)nc32)c1. The van der Waals surface area contributed by atoms with Crippen molar-refractivity contribution >= 4 is 40.0 Å². The molecule has 0 spiro atoms. The molecule has 200 valence electrons. The van der Waals surface area contributed by atoms with Crippen molar-refractivity contribution in [1.29, 1.82) is 0 Å². The molecule has 2 aromatic heterocycles. The van der Waals surface area contributed by atoms with Crippen molar-refractivity contribution in [2.24, 2.45) is 0 Å². The summed E-state index contributed by atoms with van der Waals surface area (Å²) in [7, 11) is 0. The number of anilines is 4. The molecular formula is C28H27F2N7O2. The van der Waals surface area contributed by atoms with Gasteiger partial charge in [0.1, 0.15) is 0 Å². The number of rotatable bonds is 7. The zero-order valence-electron chi connectivity index (χ0n) is 21.3. The Labute approximate surface area is 223 Å². The van der Waals surface area contributed by atoms with Crippen molar-refractivity contribution in [3.05, 3.63) is 89.4 Å². The number of hydrogen-bond donors (Lipinski definition) is 2. The summed E-state index contributed by atoms with van der Waals surface area (Å²) in [6.07, 6.45) is 4.04. The summed E-state index contributed by atoms with van der Waals surface area (Å²) in [6.45, 7) is 9.24. The van der Waals surface area contributed by atoms with Gasteiger partial charge >= 0.3 is 0 Å². The van der Waals surface area contributed by atoms with Gasteiger partial charge in [-0.15, -0.1) is 0 Å². The molecule has 1 fully saturated rings. The Morgan fingerprint density at radius 3 is 2.64 bits per heavy atom. The lowest BCUT2D eigenvalue weighted by Gasteiger charge is -2.35. The van der Waals surface area contributed by atoms with Crippen molar-refractivity contribution in [1.82, 2.24) is 19.4 Å². The Morgan fingerprint density at radius 2 is 1.90 bits per heavy atom. The van der Waals surface area contributed by atoms with E-state index in [1.807, 2.05) is 4.90 Å². The topological polar surface area (TPSA) is 95.4 Å². The molecule has 3 heterocycles. The first kappa shape index (κ1) is 26.0. The number of nitrogens with one attached hydrogen (secondary N) is 2. The van der Waals surface area contributed by atoms with Crippen LogP contribution in [0.2, 0.25) is 0 Å². The third kappa shape index (κ3) is 5.34. The van der Waals surface area contributed by atoms with Gasteiger partial charge in [-0.2, -0.15) is 4.98 Å². The van der Waals surface area contributed by atoms with Gasteiger partial charge in [0.15, 0.2) is 22.7 Å². The zero-order valence-corrected chi connectivity index (χ0v) is 21.3. The molecule has 1 saturated heterocycles. The lowest BCUT2D eigenvalue weighted by Crippen LogP contribution is -2.46. The fourth-order valence-corrected chi connectivity index (χ4v) is 4.53. The highest BCUT2D eigenvalue weighted by atomic mass is 19.2. The molecule has 2 aromatic carbocycles. The van der Waals surface area contributed by atoms with Gasteiger partial charge in [-0.25, -0.2) is 13.8 Å². The number of hydrogen-bond acceptors (Lipinski definition) is 7. The molecule has 0 bridgehead atoms. The Hall–Kier alpha value is -4.64. The van der Waals surface area contributed by atoms with E-state index in [0.717, 1.165) is 25.7 Å². The Bertz CT molecular complexity index is 1610. The van der Waals surface area contributed by atoms with Crippen molar-refractivity contribution < 1.29 is 13.6 Å². The van der Waals surface area contributed by atoms with E-state index in [4.69, 9.17) is 0 Å². The molecule has 0 unspecified atom stereocenters. The lowest BCUT2D eigenvalue weighted by molar-refractivity contribution is -0.111. The first-order valence-corrected chi connectivity index (χ1v) is 12.5. The van der Waals surface area contributed by atoms with Crippen molar-refractivity contribution in [2.45, 2.75) is 6.92 Å². The Balaban J connectivity index is 1.46. The van der Waals surface area contributed by atoms with Crippen LogP contribution in [0.15, 0.2) is 72.3 Å². The van der Waals surface area contributed by atoms with E-state index in [1.165, 1.54) is 18.3 Å². The second kappa shape index (κ2) is 11.0. The number of piperazine rings is 1. The van der Waals surface area contributed by atoms with Gasteiger partial charge < -0.3 is 25.0 Å². The second-order valence-electron chi connectivity index (χ2n) is 9.03. The minimum absolute atomic E-state index is 0.0134. The third-order valence-corrected chi connectivity index (χ3v) is 6.68. The molecule has 11 heteroatoms. The fourth-order valence-electron chi connectivity index (χ4n) is 4.53. The maximum absolute atomic E-state index is 15.1. The molecule has 1 amide bonds. The van der Waals surface area contributed by atoms with E-state index in [1.54, 1.807) is 41.1 Å². The summed E-state index contributed by atoms with van der Waals surface area (Å²) >= 11 is 0. The molecular weight excluding hydrogens is 504 g/mol. The predicted octanol–water partition coefficient (Wildman–Crippen LogP) is 4.07. The van der Waals surface area contributed by atoms with Crippen LogP contribution in [0.3, 0.4) is 0 Å². The van der Waals surface area contributed by atoms with Crippen LogP contribution in [-0.2, 0) is 4.79 Å². The molecule has 39 heavy (non-hydrogen) atoms. The second-order valence-corrected chi connectivity index (χ2v) is 9.03. The average molecular weight is 532 g/mol. The zero-order chi connectivity index (χ0) is 27.5. The number of amides is 1. The smallest absolute Gasteiger partial charge is 0.247 e. The summed E-state index contributed by atoms with van der Waals surface area (Å²) in [5, 5.41) is 5.67. The van der Waals surface area contributed by atoms with Crippen LogP contribution in [0.1, 0.15) is 6.92 Å². The first-order chi connectivity index (χ1) is 18.9. The quantitative estimate of drug-likeness (QED) is 0.347.